The van der Waals surface area contributed by atoms with E-state index in [1.165, 1.54) is 6.42 Å². The molecule has 0 amide bonds. The van der Waals surface area contributed by atoms with Crippen LogP contribution >= 0.6 is 27.5 Å². The van der Waals surface area contributed by atoms with E-state index in [-0.39, 0.29) is 4.47 Å². The Kier molecular flexibility index (Phi) is 3.82. The number of aryl methyl sites for hydroxylation is 1. The van der Waals surface area contributed by atoms with Crippen molar-refractivity contribution in [2.24, 2.45) is 0 Å². The largest absolute Gasteiger partial charge is 0.356 e. The maximum Gasteiger partial charge on any atom is 0.165 e. The third-order valence-corrected chi connectivity index (χ3v) is 4.88. The number of hydrogen-bond acceptors (Lipinski definition) is 3. The molecule has 2 heterocycles. The van der Waals surface area contributed by atoms with E-state index >= 15 is 0 Å². The van der Waals surface area contributed by atoms with Crippen LogP contribution in [0.4, 0.5) is 10.2 Å². The lowest BCUT2D eigenvalue weighted by Gasteiger charge is -2.29. The molecule has 0 unspecified atom stereocenters. The normalized spacial score (nSPS) is 15.9. The van der Waals surface area contributed by atoms with Crippen LogP contribution in [0.25, 0.3) is 10.9 Å². The second-order valence-corrected chi connectivity index (χ2v) is 6.22. The number of hydrogen-bond donors (Lipinski definition) is 0. The predicted octanol–water partition coefficient (Wildman–Crippen LogP) is 4.48. The fourth-order valence-corrected chi connectivity index (χ4v) is 3.11. The molecule has 20 heavy (non-hydrogen) atoms. The average molecular weight is 359 g/mol. The Morgan fingerprint density at radius 3 is 2.65 bits per heavy atom. The number of aromatic nitrogens is 2. The third kappa shape index (κ3) is 2.37. The minimum absolute atomic E-state index is 0.259. The number of piperidine rings is 1. The SMILES string of the molecule is Cc1nc(N2CCCCC2)c2cc(Cl)c(Br)c(F)c2n1. The summed E-state index contributed by atoms with van der Waals surface area (Å²) in [7, 11) is 0. The van der Waals surface area contributed by atoms with Crippen molar-refractivity contribution in [1.82, 2.24) is 9.97 Å². The van der Waals surface area contributed by atoms with Crippen LogP contribution in [0.1, 0.15) is 25.1 Å². The lowest BCUT2D eigenvalue weighted by molar-refractivity contribution is 0.573. The summed E-state index contributed by atoms with van der Waals surface area (Å²) >= 11 is 9.25. The molecule has 1 saturated heterocycles. The molecule has 2 aromatic rings. The summed E-state index contributed by atoms with van der Waals surface area (Å²) in [4.78, 5) is 10.9. The van der Waals surface area contributed by atoms with Gasteiger partial charge in [0.1, 0.15) is 17.2 Å². The van der Waals surface area contributed by atoms with Crippen molar-refractivity contribution in [2.45, 2.75) is 26.2 Å². The molecule has 0 radical (unpaired) electrons. The molecule has 1 aliphatic heterocycles. The summed E-state index contributed by atoms with van der Waals surface area (Å²) in [5, 5.41) is 1.03. The Morgan fingerprint density at radius 2 is 1.95 bits per heavy atom. The first-order valence-electron chi connectivity index (χ1n) is 6.64. The van der Waals surface area contributed by atoms with Crippen molar-refractivity contribution in [3.05, 3.63) is 27.2 Å². The van der Waals surface area contributed by atoms with Gasteiger partial charge in [-0.2, -0.15) is 0 Å². The molecule has 1 aromatic heterocycles. The van der Waals surface area contributed by atoms with Crippen molar-refractivity contribution in [3.63, 3.8) is 0 Å². The highest BCUT2D eigenvalue weighted by Crippen LogP contribution is 2.35. The van der Waals surface area contributed by atoms with Gasteiger partial charge in [-0.05, 0) is 48.2 Å². The van der Waals surface area contributed by atoms with Crippen LogP contribution in [0.3, 0.4) is 0 Å². The van der Waals surface area contributed by atoms with E-state index < -0.39 is 5.82 Å². The van der Waals surface area contributed by atoms with E-state index in [0.717, 1.165) is 31.7 Å². The Labute approximate surface area is 130 Å². The fourth-order valence-electron chi connectivity index (χ4n) is 2.61. The van der Waals surface area contributed by atoms with Crippen molar-refractivity contribution in [3.8, 4) is 0 Å². The maximum absolute atomic E-state index is 14.3. The van der Waals surface area contributed by atoms with Crippen LogP contribution < -0.4 is 4.90 Å². The van der Waals surface area contributed by atoms with Gasteiger partial charge in [0, 0.05) is 18.5 Å². The first kappa shape index (κ1) is 14.0. The van der Waals surface area contributed by atoms with Crippen LogP contribution in [0.2, 0.25) is 5.02 Å². The van der Waals surface area contributed by atoms with Gasteiger partial charge in [0.15, 0.2) is 5.82 Å². The Morgan fingerprint density at radius 1 is 1.25 bits per heavy atom. The first-order chi connectivity index (χ1) is 9.58. The molecule has 6 heteroatoms. The molecular formula is C14H14BrClFN3. The van der Waals surface area contributed by atoms with Gasteiger partial charge in [0.2, 0.25) is 0 Å². The van der Waals surface area contributed by atoms with Crippen molar-refractivity contribution in [2.75, 3.05) is 18.0 Å². The van der Waals surface area contributed by atoms with E-state index in [1.807, 2.05) is 0 Å². The second-order valence-electron chi connectivity index (χ2n) is 5.02. The zero-order chi connectivity index (χ0) is 14.3. The topological polar surface area (TPSA) is 29.0 Å². The molecule has 1 aliphatic rings. The molecule has 0 bridgehead atoms. The highest BCUT2D eigenvalue weighted by Gasteiger charge is 2.20. The smallest absolute Gasteiger partial charge is 0.165 e. The van der Waals surface area contributed by atoms with E-state index in [4.69, 9.17) is 11.6 Å². The summed E-state index contributed by atoms with van der Waals surface area (Å²) in [6.45, 7) is 3.68. The molecule has 3 nitrogen and oxygen atoms in total. The van der Waals surface area contributed by atoms with E-state index in [2.05, 4.69) is 30.8 Å². The zero-order valence-corrected chi connectivity index (χ0v) is 13.4. The van der Waals surface area contributed by atoms with Gasteiger partial charge in [-0.25, -0.2) is 14.4 Å². The highest BCUT2D eigenvalue weighted by atomic mass is 79.9. The highest BCUT2D eigenvalue weighted by molar-refractivity contribution is 9.10. The third-order valence-electron chi connectivity index (χ3n) is 3.57. The van der Waals surface area contributed by atoms with E-state index in [9.17, 15) is 4.39 Å². The van der Waals surface area contributed by atoms with Gasteiger partial charge >= 0.3 is 0 Å². The van der Waals surface area contributed by atoms with E-state index in [1.54, 1.807) is 13.0 Å². The summed E-state index contributed by atoms with van der Waals surface area (Å²) in [5.41, 5.74) is 0.328. The van der Waals surface area contributed by atoms with Gasteiger partial charge in [-0.3, -0.25) is 0 Å². The summed E-state index contributed by atoms with van der Waals surface area (Å²) in [6, 6.07) is 1.74. The number of halogens is 3. The van der Waals surface area contributed by atoms with Gasteiger partial charge in [-0.15, -0.1) is 0 Å². The summed E-state index contributed by atoms with van der Waals surface area (Å²) < 4.78 is 14.6. The molecule has 0 saturated carbocycles. The number of nitrogens with zero attached hydrogens (tertiary/aromatic N) is 3. The zero-order valence-electron chi connectivity index (χ0n) is 11.1. The second kappa shape index (κ2) is 5.45. The summed E-state index contributed by atoms with van der Waals surface area (Å²) in [5.74, 6) is 0.947. The Hall–Kier alpha value is -0.940. The molecule has 1 fully saturated rings. The average Bonchev–Trinajstić information content (AvgIpc) is 2.46. The molecule has 0 aliphatic carbocycles. The van der Waals surface area contributed by atoms with Crippen LogP contribution in [-0.2, 0) is 0 Å². The first-order valence-corrected chi connectivity index (χ1v) is 7.82. The van der Waals surface area contributed by atoms with Crippen LogP contribution in [0.5, 0.6) is 0 Å². The van der Waals surface area contributed by atoms with Crippen molar-refractivity contribution in [1.29, 1.82) is 0 Å². The lowest BCUT2D eigenvalue weighted by atomic mass is 10.1. The monoisotopic (exact) mass is 357 g/mol. The van der Waals surface area contributed by atoms with Crippen LogP contribution in [0.15, 0.2) is 10.5 Å². The molecule has 0 spiro atoms. The Balaban J connectivity index is 2.25. The molecule has 106 valence electrons. The molecule has 1 aromatic carbocycles. The van der Waals surface area contributed by atoms with Gasteiger partial charge < -0.3 is 4.90 Å². The minimum Gasteiger partial charge on any atom is -0.356 e. The van der Waals surface area contributed by atoms with Crippen molar-refractivity contribution < 1.29 is 4.39 Å². The fraction of sp³-hybridized carbons (Fsp3) is 0.429. The standard InChI is InChI=1S/C14H14BrClFN3/c1-8-18-13-9(7-10(16)11(15)12(13)17)14(19-8)20-5-3-2-4-6-20/h7H,2-6H2,1H3. The molecule has 0 atom stereocenters. The Bertz CT molecular complexity index is 671. The van der Waals surface area contributed by atoms with E-state index in [0.29, 0.717) is 21.7 Å². The van der Waals surface area contributed by atoms with Crippen LogP contribution in [0, 0.1) is 12.7 Å². The number of anilines is 1. The predicted molar refractivity (Wildman–Crippen MR) is 83.0 cm³/mol. The molecule has 0 N–H and O–H groups in total. The molecule has 3 rings (SSSR count). The van der Waals surface area contributed by atoms with Gasteiger partial charge in [0.25, 0.3) is 0 Å². The number of fused-ring (bicyclic) bond motifs is 1. The summed E-state index contributed by atoms with van der Waals surface area (Å²) in [6.07, 6.45) is 3.51. The molecular weight excluding hydrogens is 345 g/mol. The minimum atomic E-state index is -0.420. The van der Waals surface area contributed by atoms with Gasteiger partial charge in [0.05, 0.1) is 9.50 Å². The van der Waals surface area contributed by atoms with Gasteiger partial charge in [-0.1, -0.05) is 11.6 Å². The van der Waals surface area contributed by atoms with Crippen molar-refractivity contribution >= 4 is 44.3 Å². The maximum atomic E-state index is 14.3. The number of benzene rings is 1. The number of rotatable bonds is 1. The van der Waals surface area contributed by atoms with Crippen LogP contribution in [-0.4, -0.2) is 23.1 Å². The quantitative estimate of drug-likeness (QED) is 0.704. The lowest BCUT2D eigenvalue weighted by Crippen LogP contribution is -2.30.